The third-order valence-electron chi connectivity index (χ3n) is 5.50. The van der Waals surface area contributed by atoms with E-state index < -0.39 is 37.1 Å². The topological polar surface area (TPSA) is 163 Å². The normalized spacial score (nSPS) is 14.9. The number of hydrogen-bond acceptors (Lipinski definition) is 9. The highest BCUT2D eigenvalue weighted by Crippen LogP contribution is 2.14. The van der Waals surface area contributed by atoms with Gasteiger partial charge in [-0.25, -0.2) is 5.48 Å². The maximum atomic E-state index is 12.9. The number of amides is 2. The number of aliphatic hydroxyl groups is 5. The van der Waals surface area contributed by atoms with Crippen LogP contribution < -0.4 is 5.48 Å². The lowest BCUT2D eigenvalue weighted by molar-refractivity contribution is -0.162. The van der Waals surface area contributed by atoms with Gasteiger partial charge in [0.2, 0.25) is 0 Å². The molecule has 0 heterocycles. The van der Waals surface area contributed by atoms with Gasteiger partial charge in [0.25, 0.3) is 11.8 Å². The van der Waals surface area contributed by atoms with Crippen molar-refractivity contribution in [3.05, 3.63) is 34.9 Å². The van der Waals surface area contributed by atoms with Crippen LogP contribution in [0, 0.1) is 6.92 Å². The number of nitrogens with zero attached hydrogens (tertiary/aromatic N) is 2. The molecule has 11 nitrogen and oxygen atoms in total. The summed E-state index contributed by atoms with van der Waals surface area (Å²) in [6, 6.07) is 4.77. The van der Waals surface area contributed by atoms with Gasteiger partial charge in [0.1, 0.15) is 31.1 Å². The van der Waals surface area contributed by atoms with Crippen molar-refractivity contribution in [3.63, 3.8) is 0 Å². The van der Waals surface area contributed by atoms with Crippen LogP contribution in [0.3, 0.4) is 0 Å². The summed E-state index contributed by atoms with van der Waals surface area (Å²) in [5.41, 5.74) is 3.44. The van der Waals surface area contributed by atoms with Gasteiger partial charge in [0.15, 0.2) is 0 Å². The second-order valence-corrected chi connectivity index (χ2v) is 8.44. The summed E-state index contributed by atoms with van der Waals surface area (Å²) in [6.07, 6.45) is -5.03. The van der Waals surface area contributed by atoms with Gasteiger partial charge in [-0.15, -0.1) is 0 Å². The average Bonchev–Trinajstić information content (AvgIpc) is 2.84. The molecule has 0 aromatic heterocycles. The molecule has 1 unspecified atom stereocenters. The maximum absolute atomic E-state index is 12.9. The summed E-state index contributed by atoms with van der Waals surface area (Å²) in [5, 5.41) is 49.6. The standard InChI is InChI=1S/C24H41N3O8/c1-5-8-27(9-6-2)23(33)18-13-16(4)12-17(14-18)22(32)25-35-15-19(29)20(30)21(31)24(34)26(7-3)10-11-28/h12-14,19-21,24,28-31,34H,5-11,15H2,1-4H3,(H,25,32)/t19-,20-,21-,24?/m0/s1. The highest BCUT2D eigenvalue weighted by Gasteiger charge is 2.33. The fourth-order valence-corrected chi connectivity index (χ4v) is 3.65. The van der Waals surface area contributed by atoms with Crippen LogP contribution in [0.1, 0.15) is 59.9 Å². The first-order valence-electron chi connectivity index (χ1n) is 12.0. The highest BCUT2D eigenvalue weighted by molar-refractivity contribution is 5.99. The Hall–Kier alpha value is -2.12. The second kappa shape index (κ2) is 15.8. The van der Waals surface area contributed by atoms with E-state index in [1.807, 2.05) is 13.8 Å². The minimum Gasteiger partial charge on any atom is -0.395 e. The number of hydrogen-bond donors (Lipinski definition) is 6. The van der Waals surface area contributed by atoms with Gasteiger partial charge in [-0.2, -0.15) is 0 Å². The fraction of sp³-hybridized carbons (Fsp3) is 0.667. The molecule has 0 fully saturated rings. The lowest BCUT2D eigenvalue weighted by atomic mass is 10.0. The second-order valence-electron chi connectivity index (χ2n) is 8.44. The maximum Gasteiger partial charge on any atom is 0.274 e. The number of nitrogens with one attached hydrogen (secondary N) is 1. The van der Waals surface area contributed by atoms with E-state index in [2.05, 4.69) is 5.48 Å². The number of carbonyl (C=O) groups excluding carboxylic acids is 2. The Bertz CT molecular complexity index is 788. The van der Waals surface area contributed by atoms with E-state index in [1.165, 1.54) is 11.0 Å². The van der Waals surface area contributed by atoms with Gasteiger partial charge >= 0.3 is 0 Å². The van der Waals surface area contributed by atoms with Crippen LogP contribution in [-0.2, 0) is 4.84 Å². The lowest BCUT2D eigenvalue weighted by Gasteiger charge is -2.33. The minimum absolute atomic E-state index is 0.0692. The van der Waals surface area contributed by atoms with Crippen molar-refractivity contribution in [3.8, 4) is 0 Å². The van der Waals surface area contributed by atoms with E-state index >= 15 is 0 Å². The quantitative estimate of drug-likeness (QED) is 0.132. The smallest absolute Gasteiger partial charge is 0.274 e. The Labute approximate surface area is 206 Å². The van der Waals surface area contributed by atoms with Crippen LogP contribution in [0.25, 0.3) is 0 Å². The Morgan fingerprint density at radius 1 is 0.943 bits per heavy atom. The van der Waals surface area contributed by atoms with Crippen LogP contribution in [0.5, 0.6) is 0 Å². The largest absolute Gasteiger partial charge is 0.395 e. The van der Waals surface area contributed by atoms with E-state index in [0.717, 1.165) is 12.8 Å². The first-order chi connectivity index (χ1) is 16.6. The molecule has 4 atom stereocenters. The van der Waals surface area contributed by atoms with E-state index in [-0.39, 0.29) is 24.6 Å². The number of benzene rings is 1. The Balaban J connectivity index is 2.75. The van der Waals surface area contributed by atoms with E-state index in [9.17, 15) is 30.0 Å². The molecular formula is C24H41N3O8. The van der Waals surface area contributed by atoms with Crippen molar-refractivity contribution in [2.24, 2.45) is 0 Å². The van der Waals surface area contributed by atoms with Gasteiger partial charge in [-0.1, -0.05) is 20.8 Å². The van der Waals surface area contributed by atoms with Crippen molar-refractivity contribution in [1.82, 2.24) is 15.3 Å². The molecule has 0 saturated heterocycles. The van der Waals surface area contributed by atoms with Crippen molar-refractivity contribution in [2.75, 3.05) is 39.4 Å². The predicted octanol–water partition coefficient (Wildman–Crippen LogP) is -0.366. The molecule has 6 N–H and O–H groups in total. The number of carbonyl (C=O) groups is 2. The zero-order chi connectivity index (χ0) is 26.5. The van der Waals surface area contributed by atoms with Crippen molar-refractivity contribution in [1.29, 1.82) is 0 Å². The van der Waals surface area contributed by atoms with Gasteiger partial charge < -0.3 is 30.4 Å². The summed E-state index contributed by atoms with van der Waals surface area (Å²) >= 11 is 0. The molecule has 2 amide bonds. The molecule has 0 aliphatic heterocycles. The van der Waals surface area contributed by atoms with E-state index in [0.29, 0.717) is 30.8 Å². The third kappa shape index (κ3) is 9.45. The van der Waals surface area contributed by atoms with Crippen LogP contribution in [0.4, 0.5) is 0 Å². The van der Waals surface area contributed by atoms with Crippen LogP contribution in [-0.4, -0.2) is 111 Å². The van der Waals surface area contributed by atoms with Crippen LogP contribution in [0.15, 0.2) is 18.2 Å². The number of aryl methyl sites for hydroxylation is 1. The first-order valence-corrected chi connectivity index (χ1v) is 12.0. The van der Waals surface area contributed by atoms with Crippen LogP contribution >= 0.6 is 0 Å². The number of hydroxylamine groups is 1. The number of likely N-dealkylation sites (N-methyl/N-ethyl adjacent to an activating group) is 1. The number of aliphatic hydroxyl groups excluding tert-OH is 5. The molecule has 1 aromatic carbocycles. The lowest BCUT2D eigenvalue weighted by Crippen LogP contribution is -2.53. The highest BCUT2D eigenvalue weighted by atomic mass is 16.7. The summed E-state index contributed by atoms with van der Waals surface area (Å²) in [4.78, 5) is 33.5. The van der Waals surface area contributed by atoms with Gasteiger partial charge in [0, 0.05) is 30.8 Å². The molecule has 0 radical (unpaired) electrons. The monoisotopic (exact) mass is 499 g/mol. The molecule has 35 heavy (non-hydrogen) atoms. The molecule has 0 saturated carbocycles. The average molecular weight is 500 g/mol. The van der Waals surface area contributed by atoms with Gasteiger partial charge in [-0.3, -0.25) is 19.3 Å². The van der Waals surface area contributed by atoms with E-state index in [4.69, 9.17) is 9.94 Å². The molecule has 11 heteroatoms. The Kier molecular flexibility index (Phi) is 13.9. The summed E-state index contributed by atoms with van der Waals surface area (Å²) in [6.45, 7) is 8.20. The minimum atomic E-state index is -1.78. The summed E-state index contributed by atoms with van der Waals surface area (Å²) < 4.78 is 0. The van der Waals surface area contributed by atoms with Crippen molar-refractivity contribution < 1.29 is 40.0 Å². The molecular weight excluding hydrogens is 458 g/mol. The molecule has 1 rings (SSSR count). The molecule has 200 valence electrons. The number of rotatable bonds is 16. The summed E-state index contributed by atoms with van der Waals surface area (Å²) in [5.74, 6) is -0.816. The van der Waals surface area contributed by atoms with Gasteiger partial charge in [-0.05, 0) is 50.1 Å². The Morgan fingerprint density at radius 2 is 1.54 bits per heavy atom. The predicted molar refractivity (Wildman–Crippen MR) is 129 cm³/mol. The van der Waals surface area contributed by atoms with Crippen LogP contribution in [0.2, 0.25) is 0 Å². The molecule has 0 aliphatic rings. The molecule has 0 bridgehead atoms. The van der Waals surface area contributed by atoms with Gasteiger partial charge in [0.05, 0.1) is 6.61 Å². The Morgan fingerprint density at radius 3 is 2.09 bits per heavy atom. The first kappa shape index (κ1) is 30.9. The molecule has 1 aromatic rings. The SMILES string of the molecule is CCCN(CCC)C(=O)c1cc(C)cc(C(=O)NOC[C@H](O)[C@H](O)[C@H](O)C(O)N(CC)CCO)c1. The summed E-state index contributed by atoms with van der Waals surface area (Å²) in [7, 11) is 0. The molecule has 0 spiro atoms. The van der Waals surface area contributed by atoms with Crippen molar-refractivity contribution in [2.45, 2.75) is 65.1 Å². The van der Waals surface area contributed by atoms with Crippen molar-refractivity contribution >= 4 is 11.8 Å². The zero-order valence-electron chi connectivity index (χ0n) is 21.1. The third-order valence-corrected chi connectivity index (χ3v) is 5.50. The molecule has 0 aliphatic carbocycles. The fourth-order valence-electron chi connectivity index (χ4n) is 3.65. The van der Waals surface area contributed by atoms with E-state index in [1.54, 1.807) is 30.9 Å². The zero-order valence-corrected chi connectivity index (χ0v) is 21.1.